The topological polar surface area (TPSA) is 112 Å². The number of anilines is 1. The third kappa shape index (κ3) is 3.42. The maximum atomic E-state index is 11.0. The van der Waals surface area contributed by atoms with Crippen LogP contribution in [0.1, 0.15) is 29.9 Å². The highest BCUT2D eigenvalue weighted by Gasteiger charge is 2.19. The van der Waals surface area contributed by atoms with Crippen molar-refractivity contribution in [3.8, 4) is 11.4 Å². The summed E-state index contributed by atoms with van der Waals surface area (Å²) in [4.78, 5) is 27.2. The SMILES string of the molecule is O=c1[nH]nc(CCCNc2nc(-c3ccncc3)nc3c2CCC3)[nH]1. The van der Waals surface area contributed by atoms with Gasteiger partial charge < -0.3 is 5.32 Å². The van der Waals surface area contributed by atoms with Crippen molar-refractivity contribution in [1.82, 2.24) is 30.1 Å². The summed E-state index contributed by atoms with van der Waals surface area (Å²) in [5.41, 5.74) is 3.08. The van der Waals surface area contributed by atoms with E-state index in [-0.39, 0.29) is 5.69 Å². The van der Waals surface area contributed by atoms with Gasteiger partial charge in [0.15, 0.2) is 5.82 Å². The van der Waals surface area contributed by atoms with E-state index in [0.29, 0.717) is 12.2 Å². The summed E-state index contributed by atoms with van der Waals surface area (Å²) in [6, 6.07) is 3.85. The normalized spacial score (nSPS) is 13.0. The van der Waals surface area contributed by atoms with Crippen molar-refractivity contribution in [2.75, 3.05) is 11.9 Å². The van der Waals surface area contributed by atoms with Crippen LogP contribution >= 0.6 is 0 Å². The number of H-pyrrole nitrogens is 2. The highest BCUT2D eigenvalue weighted by molar-refractivity contribution is 5.60. The average molecular weight is 337 g/mol. The summed E-state index contributed by atoms with van der Waals surface area (Å²) in [6.07, 6.45) is 8.20. The van der Waals surface area contributed by atoms with E-state index in [9.17, 15) is 4.79 Å². The van der Waals surface area contributed by atoms with Gasteiger partial charge >= 0.3 is 5.69 Å². The van der Waals surface area contributed by atoms with E-state index in [4.69, 9.17) is 9.97 Å². The predicted molar refractivity (Wildman–Crippen MR) is 93.3 cm³/mol. The third-order valence-electron chi connectivity index (χ3n) is 4.30. The van der Waals surface area contributed by atoms with Crippen LogP contribution in [0, 0.1) is 0 Å². The van der Waals surface area contributed by atoms with Crippen LogP contribution < -0.4 is 11.0 Å². The van der Waals surface area contributed by atoms with Gasteiger partial charge in [-0.05, 0) is 37.8 Å². The number of rotatable bonds is 6. The van der Waals surface area contributed by atoms with Crippen LogP contribution in [0.2, 0.25) is 0 Å². The predicted octanol–water partition coefficient (Wildman–Crippen LogP) is 1.48. The molecule has 3 N–H and O–H groups in total. The molecule has 0 radical (unpaired) electrons. The van der Waals surface area contributed by atoms with Gasteiger partial charge in [0.1, 0.15) is 11.6 Å². The summed E-state index contributed by atoms with van der Waals surface area (Å²) in [6.45, 7) is 0.758. The molecule has 0 saturated heterocycles. The minimum Gasteiger partial charge on any atom is -0.370 e. The first-order valence-electron chi connectivity index (χ1n) is 8.47. The molecular weight excluding hydrogens is 318 g/mol. The molecule has 0 spiro atoms. The summed E-state index contributed by atoms with van der Waals surface area (Å²) in [5, 5.41) is 9.73. The first kappa shape index (κ1) is 15.5. The lowest BCUT2D eigenvalue weighted by Crippen LogP contribution is -2.10. The summed E-state index contributed by atoms with van der Waals surface area (Å²) in [5.74, 6) is 2.34. The van der Waals surface area contributed by atoms with Crippen molar-refractivity contribution in [3.05, 3.63) is 52.1 Å². The van der Waals surface area contributed by atoms with E-state index in [1.54, 1.807) is 12.4 Å². The molecule has 3 aromatic rings. The second-order valence-corrected chi connectivity index (χ2v) is 6.07. The number of aromatic nitrogens is 6. The molecule has 0 aliphatic heterocycles. The standard InChI is InChI=1S/C17H19N7O/c25-17-21-14(23-24-17)5-2-8-19-16-12-3-1-4-13(12)20-15(22-16)11-6-9-18-10-7-11/h6-7,9-10H,1-5,8H2,(H,19,20,22)(H2,21,23,24,25). The number of pyridine rings is 1. The molecule has 1 aliphatic carbocycles. The van der Waals surface area contributed by atoms with Crippen LogP contribution in [0.4, 0.5) is 5.82 Å². The molecule has 1 aliphatic rings. The maximum Gasteiger partial charge on any atom is 0.340 e. The lowest BCUT2D eigenvalue weighted by molar-refractivity contribution is 0.801. The molecule has 4 rings (SSSR count). The zero-order valence-electron chi connectivity index (χ0n) is 13.7. The Balaban J connectivity index is 1.48. The molecule has 3 aromatic heterocycles. The van der Waals surface area contributed by atoms with Gasteiger partial charge in [-0.2, -0.15) is 5.10 Å². The highest BCUT2D eigenvalue weighted by Crippen LogP contribution is 2.29. The molecule has 0 bridgehead atoms. The van der Waals surface area contributed by atoms with Gasteiger partial charge in [0.05, 0.1) is 0 Å². The van der Waals surface area contributed by atoms with E-state index in [1.165, 1.54) is 5.56 Å². The van der Waals surface area contributed by atoms with E-state index in [1.807, 2.05) is 12.1 Å². The molecule has 0 aromatic carbocycles. The second-order valence-electron chi connectivity index (χ2n) is 6.07. The Hall–Kier alpha value is -3.03. The number of fused-ring (bicyclic) bond motifs is 1. The van der Waals surface area contributed by atoms with Crippen molar-refractivity contribution in [3.63, 3.8) is 0 Å². The number of hydrogen-bond donors (Lipinski definition) is 3. The van der Waals surface area contributed by atoms with Gasteiger partial charge in [-0.15, -0.1) is 0 Å². The number of hydrogen-bond acceptors (Lipinski definition) is 6. The van der Waals surface area contributed by atoms with Crippen LogP contribution in [-0.2, 0) is 19.3 Å². The summed E-state index contributed by atoms with van der Waals surface area (Å²) in [7, 11) is 0. The van der Waals surface area contributed by atoms with E-state index < -0.39 is 0 Å². The molecule has 0 fully saturated rings. The summed E-state index contributed by atoms with van der Waals surface area (Å²) >= 11 is 0. The molecule has 3 heterocycles. The van der Waals surface area contributed by atoms with Gasteiger partial charge in [0.25, 0.3) is 0 Å². The van der Waals surface area contributed by atoms with Crippen molar-refractivity contribution in [2.45, 2.75) is 32.1 Å². The van der Waals surface area contributed by atoms with Crippen LogP contribution in [-0.4, -0.2) is 36.7 Å². The molecule has 8 nitrogen and oxygen atoms in total. The largest absolute Gasteiger partial charge is 0.370 e. The fourth-order valence-electron chi connectivity index (χ4n) is 3.09. The third-order valence-corrected chi connectivity index (χ3v) is 4.30. The van der Waals surface area contributed by atoms with Crippen molar-refractivity contribution >= 4 is 5.82 Å². The smallest absolute Gasteiger partial charge is 0.340 e. The van der Waals surface area contributed by atoms with Gasteiger partial charge in [-0.1, -0.05) is 0 Å². The van der Waals surface area contributed by atoms with Crippen molar-refractivity contribution in [1.29, 1.82) is 0 Å². The Morgan fingerprint density at radius 1 is 1.16 bits per heavy atom. The number of aromatic amines is 2. The lowest BCUT2D eigenvalue weighted by atomic mass is 10.2. The van der Waals surface area contributed by atoms with Crippen LogP contribution in [0.3, 0.4) is 0 Å². The van der Waals surface area contributed by atoms with Crippen LogP contribution in [0.5, 0.6) is 0 Å². The lowest BCUT2D eigenvalue weighted by Gasteiger charge is -2.12. The fraction of sp³-hybridized carbons (Fsp3) is 0.353. The molecule has 25 heavy (non-hydrogen) atoms. The Kier molecular flexibility index (Phi) is 4.24. The highest BCUT2D eigenvalue weighted by atomic mass is 16.1. The van der Waals surface area contributed by atoms with Gasteiger partial charge in [-0.3, -0.25) is 9.97 Å². The molecule has 0 amide bonds. The Morgan fingerprint density at radius 3 is 2.84 bits per heavy atom. The van der Waals surface area contributed by atoms with E-state index >= 15 is 0 Å². The fourth-order valence-corrected chi connectivity index (χ4v) is 3.09. The van der Waals surface area contributed by atoms with Gasteiger partial charge in [0.2, 0.25) is 0 Å². The Morgan fingerprint density at radius 2 is 2.04 bits per heavy atom. The monoisotopic (exact) mass is 337 g/mol. The average Bonchev–Trinajstić information content (AvgIpc) is 3.28. The minimum absolute atomic E-state index is 0.265. The van der Waals surface area contributed by atoms with Crippen molar-refractivity contribution < 1.29 is 0 Å². The Bertz CT molecular complexity index is 916. The molecule has 0 saturated carbocycles. The molecule has 128 valence electrons. The Labute approximate surface area is 144 Å². The van der Waals surface area contributed by atoms with Gasteiger partial charge in [-0.25, -0.2) is 19.9 Å². The van der Waals surface area contributed by atoms with E-state index in [2.05, 4.69) is 25.5 Å². The van der Waals surface area contributed by atoms with Crippen molar-refractivity contribution in [2.24, 2.45) is 0 Å². The van der Waals surface area contributed by atoms with Crippen LogP contribution in [0.15, 0.2) is 29.3 Å². The molecule has 0 unspecified atom stereocenters. The maximum absolute atomic E-state index is 11.0. The van der Waals surface area contributed by atoms with Gasteiger partial charge in [0, 0.05) is 42.2 Å². The zero-order valence-corrected chi connectivity index (χ0v) is 13.7. The first-order chi connectivity index (χ1) is 12.3. The number of aryl methyl sites for hydroxylation is 2. The zero-order chi connectivity index (χ0) is 17.1. The molecular formula is C17H19N7O. The number of nitrogens with zero attached hydrogens (tertiary/aromatic N) is 4. The molecule has 8 heteroatoms. The van der Waals surface area contributed by atoms with E-state index in [0.717, 1.165) is 55.1 Å². The number of nitrogens with one attached hydrogen (secondary N) is 3. The summed E-state index contributed by atoms with van der Waals surface area (Å²) < 4.78 is 0. The minimum atomic E-state index is -0.265. The molecule has 0 atom stereocenters. The second kappa shape index (κ2) is 6.84. The first-order valence-corrected chi connectivity index (χ1v) is 8.47. The van der Waals surface area contributed by atoms with Crippen LogP contribution in [0.25, 0.3) is 11.4 Å². The quantitative estimate of drug-likeness (QED) is 0.587.